The quantitative estimate of drug-likeness (QED) is 0.498. The van der Waals surface area contributed by atoms with Gasteiger partial charge < -0.3 is 9.64 Å². The van der Waals surface area contributed by atoms with E-state index in [-0.39, 0.29) is 11.3 Å². The number of benzene rings is 1. The first-order valence-electron chi connectivity index (χ1n) is 7.89. The molecule has 5 heteroatoms. The van der Waals surface area contributed by atoms with Gasteiger partial charge >= 0.3 is 0 Å². The van der Waals surface area contributed by atoms with Crippen molar-refractivity contribution in [2.45, 2.75) is 36.5 Å². The molecule has 0 saturated carbocycles. The molecule has 1 amide bonds. The van der Waals surface area contributed by atoms with Crippen LogP contribution in [0.25, 0.3) is 0 Å². The first-order chi connectivity index (χ1) is 10.8. The summed E-state index contributed by atoms with van der Waals surface area (Å²) in [6.07, 6.45) is 5.27. The fraction of sp³-hybridized carbons (Fsp3) is 0.588. The van der Waals surface area contributed by atoms with E-state index in [0.29, 0.717) is 5.75 Å². The van der Waals surface area contributed by atoms with Crippen molar-refractivity contribution in [2.24, 2.45) is 0 Å². The van der Waals surface area contributed by atoms with E-state index >= 15 is 0 Å². The minimum Gasteiger partial charge on any atom is -0.381 e. The van der Waals surface area contributed by atoms with Crippen molar-refractivity contribution >= 4 is 29.4 Å². The summed E-state index contributed by atoms with van der Waals surface area (Å²) in [7, 11) is 0. The molecule has 1 heterocycles. The molecule has 1 atom stereocenters. The van der Waals surface area contributed by atoms with Crippen LogP contribution in [0.15, 0.2) is 29.2 Å². The zero-order valence-electron chi connectivity index (χ0n) is 13.4. The molecule has 0 aliphatic carbocycles. The molecule has 0 radical (unpaired) electrons. The lowest BCUT2D eigenvalue weighted by Gasteiger charge is -2.24. The van der Waals surface area contributed by atoms with Gasteiger partial charge in [0.1, 0.15) is 5.37 Å². The molecule has 2 rings (SSSR count). The number of hydrogen-bond acceptors (Lipinski definition) is 4. The molecule has 1 saturated heterocycles. The van der Waals surface area contributed by atoms with Gasteiger partial charge in [0.25, 0.3) is 0 Å². The Balaban J connectivity index is 1.85. The van der Waals surface area contributed by atoms with Crippen LogP contribution < -0.4 is 0 Å². The van der Waals surface area contributed by atoms with E-state index in [0.717, 1.165) is 39.0 Å². The third kappa shape index (κ3) is 4.93. The van der Waals surface area contributed by atoms with E-state index in [1.165, 1.54) is 10.5 Å². The fourth-order valence-corrected chi connectivity index (χ4v) is 4.05. The summed E-state index contributed by atoms with van der Waals surface area (Å²) >= 11 is 3.47. The highest BCUT2D eigenvalue weighted by Crippen LogP contribution is 2.38. The van der Waals surface area contributed by atoms with E-state index < -0.39 is 0 Å². The van der Waals surface area contributed by atoms with Crippen LogP contribution >= 0.6 is 23.5 Å². The minimum absolute atomic E-state index is 0.166. The third-order valence-electron chi connectivity index (χ3n) is 3.70. The molecule has 1 aromatic rings. The Labute approximate surface area is 142 Å². The lowest BCUT2D eigenvalue weighted by molar-refractivity contribution is -0.128. The molecule has 0 N–H and O–H groups in total. The van der Waals surface area contributed by atoms with E-state index in [4.69, 9.17) is 4.74 Å². The number of nitrogens with zero attached hydrogens (tertiary/aromatic N) is 1. The Morgan fingerprint density at radius 2 is 2.00 bits per heavy atom. The fourth-order valence-electron chi connectivity index (χ4n) is 2.43. The molecule has 3 nitrogen and oxygen atoms in total. The Morgan fingerprint density at radius 3 is 2.68 bits per heavy atom. The molecule has 0 bridgehead atoms. The Morgan fingerprint density at radius 1 is 1.27 bits per heavy atom. The molecule has 0 spiro atoms. The van der Waals surface area contributed by atoms with Crippen LogP contribution in [0, 0.1) is 0 Å². The molecule has 1 aliphatic rings. The number of rotatable bonds is 9. The summed E-state index contributed by atoms with van der Waals surface area (Å²) in [4.78, 5) is 15.4. The molecular formula is C17H25NO2S2. The van der Waals surface area contributed by atoms with Crippen LogP contribution in [-0.4, -0.2) is 42.6 Å². The highest BCUT2D eigenvalue weighted by Gasteiger charge is 2.32. The monoisotopic (exact) mass is 339 g/mol. The second kappa shape index (κ2) is 9.48. The van der Waals surface area contributed by atoms with Crippen LogP contribution in [0.4, 0.5) is 0 Å². The molecule has 1 fully saturated rings. The summed E-state index contributed by atoms with van der Waals surface area (Å²) in [5.74, 6) is 0.837. The predicted molar refractivity (Wildman–Crippen MR) is 95.5 cm³/mol. The van der Waals surface area contributed by atoms with Gasteiger partial charge in [0, 0.05) is 24.7 Å². The van der Waals surface area contributed by atoms with Crippen molar-refractivity contribution in [2.75, 3.05) is 31.8 Å². The Hall–Kier alpha value is -0.650. The second-order valence-electron chi connectivity index (χ2n) is 5.34. The maximum absolute atomic E-state index is 12.1. The van der Waals surface area contributed by atoms with Gasteiger partial charge in [-0.25, -0.2) is 0 Å². The first kappa shape index (κ1) is 17.7. The lowest BCUT2D eigenvalue weighted by atomic mass is 10.2. The molecule has 1 aromatic carbocycles. The van der Waals surface area contributed by atoms with Crippen molar-refractivity contribution in [1.82, 2.24) is 4.90 Å². The molecular weight excluding hydrogens is 314 g/mol. The smallest absolute Gasteiger partial charge is 0.233 e. The SMILES string of the molecule is CCCCOCCCN1C(=O)CSC1c1ccc(SC)cc1. The zero-order valence-corrected chi connectivity index (χ0v) is 15.0. The number of thioether (sulfide) groups is 2. The topological polar surface area (TPSA) is 29.5 Å². The predicted octanol–water partition coefficient (Wildman–Crippen LogP) is 4.19. The normalized spacial score (nSPS) is 18.2. The number of carbonyl (C=O) groups excluding carboxylic acids is 1. The molecule has 1 aliphatic heterocycles. The number of hydrogen-bond donors (Lipinski definition) is 0. The maximum atomic E-state index is 12.1. The molecule has 0 aromatic heterocycles. The second-order valence-corrected chi connectivity index (χ2v) is 7.29. The van der Waals surface area contributed by atoms with Gasteiger partial charge in [-0.05, 0) is 36.8 Å². The summed E-state index contributed by atoms with van der Waals surface area (Å²) in [6, 6.07) is 8.56. The minimum atomic E-state index is 0.166. The number of amides is 1. The van der Waals surface area contributed by atoms with E-state index in [1.54, 1.807) is 23.5 Å². The average Bonchev–Trinajstić information content (AvgIpc) is 2.92. The van der Waals surface area contributed by atoms with Crippen LogP contribution in [0.3, 0.4) is 0 Å². The highest BCUT2D eigenvalue weighted by molar-refractivity contribution is 8.00. The van der Waals surface area contributed by atoms with Crippen molar-refractivity contribution in [1.29, 1.82) is 0 Å². The van der Waals surface area contributed by atoms with Crippen molar-refractivity contribution < 1.29 is 9.53 Å². The highest BCUT2D eigenvalue weighted by atomic mass is 32.2. The van der Waals surface area contributed by atoms with E-state index in [9.17, 15) is 4.79 Å². The average molecular weight is 340 g/mol. The van der Waals surface area contributed by atoms with Gasteiger partial charge in [-0.3, -0.25) is 4.79 Å². The number of carbonyl (C=O) groups is 1. The van der Waals surface area contributed by atoms with Crippen LogP contribution in [0.5, 0.6) is 0 Å². The number of ether oxygens (including phenoxy) is 1. The van der Waals surface area contributed by atoms with Gasteiger partial charge in [0.05, 0.1) is 5.75 Å². The van der Waals surface area contributed by atoms with Gasteiger partial charge in [-0.15, -0.1) is 23.5 Å². The Kier molecular flexibility index (Phi) is 7.63. The summed E-state index contributed by atoms with van der Waals surface area (Å²) in [6.45, 7) is 4.52. The molecule has 22 heavy (non-hydrogen) atoms. The van der Waals surface area contributed by atoms with Crippen LogP contribution in [-0.2, 0) is 9.53 Å². The largest absolute Gasteiger partial charge is 0.381 e. The van der Waals surface area contributed by atoms with Gasteiger partial charge in [-0.2, -0.15) is 0 Å². The Bertz CT molecular complexity index is 464. The zero-order chi connectivity index (χ0) is 15.8. The third-order valence-corrected chi connectivity index (χ3v) is 5.70. The standard InChI is InChI=1S/C17H25NO2S2/c1-3-4-11-20-12-5-10-18-16(19)13-22-17(18)14-6-8-15(21-2)9-7-14/h6-9,17H,3-5,10-13H2,1-2H3. The van der Waals surface area contributed by atoms with Gasteiger partial charge in [-0.1, -0.05) is 25.5 Å². The number of unbranched alkanes of at least 4 members (excludes halogenated alkanes) is 1. The van der Waals surface area contributed by atoms with Crippen LogP contribution in [0.1, 0.15) is 37.1 Å². The summed E-state index contributed by atoms with van der Waals surface area (Å²) in [5, 5.41) is 0.166. The van der Waals surface area contributed by atoms with Crippen molar-refractivity contribution in [3.63, 3.8) is 0 Å². The summed E-state index contributed by atoms with van der Waals surface area (Å²) < 4.78 is 5.59. The lowest BCUT2D eigenvalue weighted by Crippen LogP contribution is -2.29. The summed E-state index contributed by atoms with van der Waals surface area (Å²) in [5.41, 5.74) is 1.22. The van der Waals surface area contributed by atoms with Crippen LogP contribution in [0.2, 0.25) is 0 Å². The first-order valence-corrected chi connectivity index (χ1v) is 10.2. The van der Waals surface area contributed by atoms with E-state index in [2.05, 4.69) is 37.4 Å². The van der Waals surface area contributed by atoms with Crippen molar-refractivity contribution in [3.8, 4) is 0 Å². The molecule has 122 valence electrons. The van der Waals surface area contributed by atoms with Crippen molar-refractivity contribution in [3.05, 3.63) is 29.8 Å². The molecule has 1 unspecified atom stereocenters. The maximum Gasteiger partial charge on any atom is 0.233 e. The van der Waals surface area contributed by atoms with E-state index in [1.807, 2.05) is 4.90 Å². The van der Waals surface area contributed by atoms with Gasteiger partial charge in [0.15, 0.2) is 0 Å². The van der Waals surface area contributed by atoms with Gasteiger partial charge in [0.2, 0.25) is 5.91 Å².